The predicted octanol–water partition coefficient (Wildman–Crippen LogP) is 4.96. The summed E-state index contributed by atoms with van der Waals surface area (Å²) in [5, 5.41) is 13.8. The maximum atomic E-state index is 12.5. The molecule has 7 nitrogen and oxygen atoms in total. The molecule has 1 aromatic heterocycles. The number of rotatable bonds is 4. The number of hydrogen-bond donors (Lipinski definition) is 1. The number of nitro groups is 1. The summed E-state index contributed by atoms with van der Waals surface area (Å²) in [7, 11) is 0. The van der Waals surface area contributed by atoms with Crippen LogP contribution in [0.4, 0.5) is 11.4 Å². The molecule has 0 spiro atoms. The second-order valence-corrected chi connectivity index (χ2v) is 6.28. The van der Waals surface area contributed by atoms with E-state index in [9.17, 15) is 14.9 Å². The number of carbonyl (C=O) groups is 1. The average molecular weight is 373 g/mol. The quantitative estimate of drug-likeness (QED) is 0.402. The van der Waals surface area contributed by atoms with Gasteiger partial charge in [-0.2, -0.15) is 0 Å². The van der Waals surface area contributed by atoms with E-state index in [1.807, 2.05) is 30.3 Å². The summed E-state index contributed by atoms with van der Waals surface area (Å²) in [5.41, 5.74) is 3.20. The van der Waals surface area contributed by atoms with Gasteiger partial charge in [0.1, 0.15) is 5.52 Å². The fourth-order valence-electron chi connectivity index (χ4n) is 2.86. The van der Waals surface area contributed by atoms with Gasteiger partial charge in [0, 0.05) is 28.4 Å². The van der Waals surface area contributed by atoms with Gasteiger partial charge in [-0.25, -0.2) is 4.98 Å². The molecule has 138 valence electrons. The van der Waals surface area contributed by atoms with Gasteiger partial charge in [0.25, 0.3) is 11.6 Å². The molecular formula is C21H15N3O4. The number of benzene rings is 3. The van der Waals surface area contributed by atoms with E-state index >= 15 is 0 Å². The molecule has 0 aliphatic carbocycles. The van der Waals surface area contributed by atoms with Crippen LogP contribution in [0.1, 0.15) is 15.9 Å². The summed E-state index contributed by atoms with van der Waals surface area (Å²) < 4.78 is 5.76. The van der Waals surface area contributed by atoms with Crippen molar-refractivity contribution in [3.05, 3.63) is 88.0 Å². The monoisotopic (exact) mass is 373 g/mol. The molecule has 0 saturated carbocycles. The van der Waals surface area contributed by atoms with Gasteiger partial charge in [0.2, 0.25) is 5.89 Å². The molecule has 0 saturated heterocycles. The number of nitrogens with zero attached hydrogens (tertiary/aromatic N) is 2. The normalized spacial score (nSPS) is 10.8. The molecule has 1 amide bonds. The van der Waals surface area contributed by atoms with E-state index in [1.54, 1.807) is 37.3 Å². The van der Waals surface area contributed by atoms with Crippen LogP contribution in [0.5, 0.6) is 0 Å². The zero-order valence-corrected chi connectivity index (χ0v) is 14.9. The van der Waals surface area contributed by atoms with Crippen molar-refractivity contribution in [2.45, 2.75) is 6.92 Å². The van der Waals surface area contributed by atoms with Gasteiger partial charge in [-0.1, -0.05) is 24.3 Å². The average Bonchev–Trinajstić information content (AvgIpc) is 3.12. The second-order valence-electron chi connectivity index (χ2n) is 6.28. The Hall–Kier alpha value is -4.00. The molecule has 0 bridgehead atoms. The molecule has 0 atom stereocenters. The highest BCUT2D eigenvalue weighted by molar-refractivity contribution is 6.05. The minimum atomic E-state index is -0.501. The third-order valence-corrected chi connectivity index (χ3v) is 4.33. The first-order chi connectivity index (χ1) is 13.5. The van der Waals surface area contributed by atoms with Crippen molar-refractivity contribution in [2.75, 3.05) is 5.32 Å². The van der Waals surface area contributed by atoms with Crippen molar-refractivity contribution in [1.29, 1.82) is 0 Å². The van der Waals surface area contributed by atoms with Crippen molar-refractivity contribution in [1.82, 2.24) is 4.98 Å². The summed E-state index contributed by atoms with van der Waals surface area (Å²) in [6.45, 7) is 1.63. The first-order valence-electron chi connectivity index (χ1n) is 8.54. The van der Waals surface area contributed by atoms with Gasteiger partial charge >= 0.3 is 0 Å². The van der Waals surface area contributed by atoms with Crippen LogP contribution >= 0.6 is 0 Å². The lowest BCUT2D eigenvalue weighted by atomic mass is 10.1. The molecular weight excluding hydrogens is 358 g/mol. The molecule has 0 radical (unpaired) electrons. The van der Waals surface area contributed by atoms with Crippen LogP contribution in [-0.2, 0) is 0 Å². The van der Waals surface area contributed by atoms with E-state index in [0.717, 1.165) is 5.56 Å². The minimum absolute atomic E-state index is 0.0906. The SMILES string of the molecule is Cc1ccc(C(=O)Nc2ccc3oc(-c4ccccc4)nc3c2)cc1[N+](=O)[O-]. The van der Waals surface area contributed by atoms with Crippen LogP contribution in [-0.4, -0.2) is 15.8 Å². The molecule has 0 aliphatic rings. The fourth-order valence-corrected chi connectivity index (χ4v) is 2.86. The molecule has 7 heteroatoms. The first-order valence-corrected chi connectivity index (χ1v) is 8.54. The number of aromatic nitrogens is 1. The standard InChI is InChI=1S/C21H15N3O4/c1-13-7-8-15(11-18(13)24(26)27)20(25)22-16-9-10-19-17(12-16)23-21(28-19)14-5-3-2-4-6-14/h2-12H,1H3,(H,22,25). The largest absolute Gasteiger partial charge is 0.436 e. The van der Waals surface area contributed by atoms with E-state index in [-0.39, 0.29) is 11.3 Å². The Morgan fingerprint density at radius 3 is 2.61 bits per heavy atom. The van der Waals surface area contributed by atoms with E-state index in [1.165, 1.54) is 6.07 Å². The Morgan fingerprint density at radius 1 is 1.07 bits per heavy atom. The van der Waals surface area contributed by atoms with Crippen molar-refractivity contribution >= 4 is 28.4 Å². The molecule has 4 aromatic rings. The van der Waals surface area contributed by atoms with Gasteiger partial charge in [0.05, 0.1) is 4.92 Å². The zero-order chi connectivity index (χ0) is 19.7. The highest BCUT2D eigenvalue weighted by Gasteiger charge is 2.16. The molecule has 28 heavy (non-hydrogen) atoms. The number of carbonyl (C=O) groups excluding carboxylic acids is 1. The Morgan fingerprint density at radius 2 is 1.86 bits per heavy atom. The van der Waals surface area contributed by atoms with Gasteiger partial charge in [-0.3, -0.25) is 14.9 Å². The van der Waals surface area contributed by atoms with E-state index in [4.69, 9.17) is 4.42 Å². The zero-order valence-electron chi connectivity index (χ0n) is 14.9. The fraction of sp³-hybridized carbons (Fsp3) is 0.0476. The van der Waals surface area contributed by atoms with Crippen LogP contribution in [0.2, 0.25) is 0 Å². The Bertz CT molecular complexity index is 1200. The number of amides is 1. The number of fused-ring (bicyclic) bond motifs is 1. The number of anilines is 1. The topological polar surface area (TPSA) is 98.3 Å². The lowest BCUT2D eigenvalue weighted by Crippen LogP contribution is -2.12. The van der Waals surface area contributed by atoms with Crippen molar-refractivity contribution in [3.63, 3.8) is 0 Å². The molecule has 0 unspecified atom stereocenters. The summed E-state index contributed by atoms with van der Waals surface area (Å²) in [5.74, 6) is 0.0578. The molecule has 0 fully saturated rings. The molecule has 0 aliphatic heterocycles. The first kappa shape index (κ1) is 17.4. The number of oxazole rings is 1. The number of hydrogen-bond acceptors (Lipinski definition) is 5. The van der Waals surface area contributed by atoms with Gasteiger partial charge < -0.3 is 9.73 Å². The molecule has 3 aromatic carbocycles. The maximum Gasteiger partial charge on any atom is 0.273 e. The van der Waals surface area contributed by atoms with Crippen molar-refractivity contribution in [3.8, 4) is 11.5 Å². The van der Waals surface area contributed by atoms with Crippen molar-refractivity contribution < 1.29 is 14.1 Å². The second kappa shape index (κ2) is 6.96. The maximum absolute atomic E-state index is 12.5. The summed E-state index contributed by atoms with van der Waals surface area (Å²) in [4.78, 5) is 27.5. The van der Waals surface area contributed by atoms with E-state index < -0.39 is 10.8 Å². The van der Waals surface area contributed by atoms with Crippen LogP contribution < -0.4 is 5.32 Å². The molecule has 1 heterocycles. The van der Waals surface area contributed by atoms with Crippen LogP contribution in [0.3, 0.4) is 0 Å². The minimum Gasteiger partial charge on any atom is -0.436 e. The Balaban J connectivity index is 1.60. The molecule has 1 N–H and O–H groups in total. The third kappa shape index (κ3) is 3.33. The lowest BCUT2D eigenvalue weighted by molar-refractivity contribution is -0.385. The third-order valence-electron chi connectivity index (χ3n) is 4.33. The predicted molar refractivity (Wildman–Crippen MR) is 105 cm³/mol. The highest BCUT2D eigenvalue weighted by atomic mass is 16.6. The van der Waals surface area contributed by atoms with Gasteiger partial charge in [0.15, 0.2) is 5.58 Å². The van der Waals surface area contributed by atoms with Crippen LogP contribution in [0.15, 0.2) is 71.1 Å². The van der Waals surface area contributed by atoms with Crippen molar-refractivity contribution in [2.24, 2.45) is 0 Å². The van der Waals surface area contributed by atoms with Crippen LogP contribution in [0, 0.1) is 17.0 Å². The lowest BCUT2D eigenvalue weighted by Gasteiger charge is -2.06. The summed E-state index contributed by atoms with van der Waals surface area (Å²) in [6, 6.07) is 19.0. The smallest absolute Gasteiger partial charge is 0.273 e. The van der Waals surface area contributed by atoms with Gasteiger partial charge in [-0.05, 0) is 43.3 Å². The Labute approximate surface area is 159 Å². The number of nitro benzene ring substituents is 1. The molecule has 4 rings (SSSR count). The van der Waals surface area contributed by atoms with E-state index in [2.05, 4.69) is 10.3 Å². The summed E-state index contributed by atoms with van der Waals surface area (Å²) in [6.07, 6.45) is 0. The van der Waals surface area contributed by atoms with Gasteiger partial charge in [-0.15, -0.1) is 0 Å². The number of nitrogens with one attached hydrogen (secondary N) is 1. The number of aryl methyl sites for hydroxylation is 1. The Kier molecular flexibility index (Phi) is 4.33. The van der Waals surface area contributed by atoms with Crippen LogP contribution in [0.25, 0.3) is 22.6 Å². The van der Waals surface area contributed by atoms with E-state index in [0.29, 0.717) is 28.2 Å². The highest BCUT2D eigenvalue weighted by Crippen LogP contribution is 2.26. The summed E-state index contributed by atoms with van der Waals surface area (Å²) >= 11 is 0.